The lowest BCUT2D eigenvalue weighted by Crippen LogP contribution is -2.04. The third kappa shape index (κ3) is 3.27. The number of benzene rings is 1. The number of carbonyl (C=O) groups excluding carboxylic acids is 1. The molecule has 3 heterocycles. The molecule has 4 aromatic rings. The van der Waals surface area contributed by atoms with E-state index in [1.54, 1.807) is 6.20 Å². The molecule has 0 aliphatic carbocycles. The number of aromatic nitrogens is 3. The van der Waals surface area contributed by atoms with Gasteiger partial charge in [-0.25, -0.2) is 4.98 Å². The molecule has 0 fully saturated rings. The van der Waals surface area contributed by atoms with E-state index in [1.165, 1.54) is 7.11 Å². The molecule has 7 heteroatoms. The normalized spacial score (nSPS) is 11.5. The number of imidazole rings is 1. The Hall–Kier alpha value is -3.61. The lowest BCUT2D eigenvalue weighted by molar-refractivity contribution is -0.139. The number of azo groups is 1. The Morgan fingerprint density at radius 2 is 2.00 bits per heavy atom. The molecule has 3 aromatic heterocycles. The fourth-order valence-corrected chi connectivity index (χ4v) is 2.89. The van der Waals surface area contributed by atoms with Crippen LogP contribution in [0.25, 0.3) is 16.6 Å². The molecule has 134 valence electrons. The summed E-state index contributed by atoms with van der Waals surface area (Å²) in [6.45, 7) is 1.98. The van der Waals surface area contributed by atoms with Crippen LogP contribution in [0.1, 0.15) is 11.3 Å². The molecule has 27 heavy (non-hydrogen) atoms. The molecule has 0 amide bonds. The first-order valence-corrected chi connectivity index (χ1v) is 8.45. The summed E-state index contributed by atoms with van der Waals surface area (Å²) in [5.41, 5.74) is 3.68. The van der Waals surface area contributed by atoms with Crippen molar-refractivity contribution in [3.05, 3.63) is 66.1 Å². The van der Waals surface area contributed by atoms with Crippen LogP contribution in [0.3, 0.4) is 0 Å². The van der Waals surface area contributed by atoms with Crippen LogP contribution in [-0.4, -0.2) is 27.4 Å². The van der Waals surface area contributed by atoms with Gasteiger partial charge >= 0.3 is 5.97 Å². The summed E-state index contributed by atoms with van der Waals surface area (Å²) in [6.07, 6.45) is 3.67. The van der Waals surface area contributed by atoms with Gasteiger partial charge in [0, 0.05) is 17.8 Å². The van der Waals surface area contributed by atoms with E-state index in [4.69, 9.17) is 4.74 Å². The van der Waals surface area contributed by atoms with E-state index in [9.17, 15) is 4.79 Å². The average Bonchev–Trinajstić information content (AvgIpc) is 3.02. The number of aryl methyl sites for hydroxylation is 1. The van der Waals surface area contributed by atoms with Crippen molar-refractivity contribution >= 4 is 34.0 Å². The first kappa shape index (κ1) is 16.8. The molecule has 0 N–H and O–H groups in total. The molecule has 4 rings (SSSR count). The number of rotatable bonds is 4. The Morgan fingerprint density at radius 3 is 2.85 bits per heavy atom. The van der Waals surface area contributed by atoms with Crippen molar-refractivity contribution in [2.24, 2.45) is 10.2 Å². The minimum absolute atomic E-state index is 0.0272. The molecule has 0 bridgehead atoms. The summed E-state index contributed by atoms with van der Waals surface area (Å²) in [7, 11) is 1.35. The molecule has 0 saturated carbocycles. The van der Waals surface area contributed by atoms with Gasteiger partial charge in [0.25, 0.3) is 0 Å². The van der Waals surface area contributed by atoms with E-state index in [-0.39, 0.29) is 12.4 Å². The second-order valence-electron chi connectivity index (χ2n) is 6.12. The number of hydrogen-bond donors (Lipinski definition) is 0. The fraction of sp³-hybridized carbons (Fsp3) is 0.150. The number of methoxy groups -OCH3 is 1. The Morgan fingerprint density at radius 1 is 1.15 bits per heavy atom. The van der Waals surface area contributed by atoms with Gasteiger partial charge in [-0.15, -0.1) is 10.2 Å². The number of esters is 1. The first-order chi connectivity index (χ1) is 13.2. The quantitative estimate of drug-likeness (QED) is 0.401. The van der Waals surface area contributed by atoms with Crippen LogP contribution in [-0.2, 0) is 16.0 Å². The van der Waals surface area contributed by atoms with Crippen LogP contribution in [0.4, 0.5) is 11.5 Å². The topological polar surface area (TPSA) is 81.2 Å². The zero-order valence-corrected chi connectivity index (χ0v) is 15.0. The van der Waals surface area contributed by atoms with Gasteiger partial charge in [-0.2, -0.15) is 0 Å². The highest BCUT2D eigenvalue weighted by atomic mass is 16.5. The molecule has 1 aromatic carbocycles. The van der Waals surface area contributed by atoms with Gasteiger partial charge in [0.1, 0.15) is 11.3 Å². The van der Waals surface area contributed by atoms with Gasteiger partial charge in [-0.3, -0.25) is 14.2 Å². The van der Waals surface area contributed by atoms with Crippen LogP contribution in [0.15, 0.2) is 65.1 Å². The van der Waals surface area contributed by atoms with Gasteiger partial charge in [-0.05, 0) is 30.7 Å². The molecule has 0 spiro atoms. The van der Waals surface area contributed by atoms with Crippen LogP contribution in [0.5, 0.6) is 0 Å². The Labute approximate surface area is 155 Å². The number of hydrogen-bond acceptors (Lipinski definition) is 6. The highest BCUT2D eigenvalue weighted by Gasteiger charge is 2.16. The highest BCUT2D eigenvalue weighted by Crippen LogP contribution is 2.28. The number of carbonyl (C=O) groups is 1. The molecule has 0 unspecified atom stereocenters. The highest BCUT2D eigenvalue weighted by molar-refractivity contribution is 5.88. The number of fused-ring (bicyclic) bond motifs is 2. The van der Waals surface area contributed by atoms with E-state index >= 15 is 0 Å². The van der Waals surface area contributed by atoms with E-state index in [0.29, 0.717) is 22.8 Å². The summed E-state index contributed by atoms with van der Waals surface area (Å²) in [6, 6.07) is 13.4. The van der Waals surface area contributed by atoms with Crippen molar-refractivity contribution in [3.8, 4) is 0 Å². The van der Waals surface area contributed by atoms with Crippen molar-refractivity contribution in [3.63, 3.8) is 0 Å². The molecule has 0 aliphatic heterocycles. The van der Waals surface area contributed by atoms with Crippen molar-refractivity contribution in [2.45, 2.75) is 13.3 Å². The van der Waals surface area contributed by atoms with E-state index < -0.39 is 0 Å². The van der Waals surface area contributed by atoms with E-state index in [1.807, 2.05) is 60.0 Å². The lowest BCUT2D eigenvalue weighted by Gasteiger charge is -2.01. The zero-order valence-electron chi connectivity index (χ0n) is 15.0. The van der Waals surface area contributed by atoms with Gasteiger partial charge < -0.3 is 4.74 Å². The third-order valence-electron chi connectivity index (χ3n) is 4.21. The molecule has 0 aliphatic rings. The van der Waals surface area contributed by atoms with Crippen molar-refractivity contribution < 1.29 is 9.53 Å². The van der Waals surface area contributed by atoms with Crippen molar-refractivity contribution in [1.82, 2.24) is 14.4 Å². The summed E-state index contributed by atoms with van der Waals surface area (Å²) in [5.74, 6) is 0.130. The summed E-state index contributed by atoms with van der Waals surface area (Å²) in [4.78, 5) is 20.7. The van der Waals surface area contributed by atoms with Crippen LogP contribution < -0.4 is 0 Å². The van der Waals surface area contributed by atoms with Crippen molar-refractivity contribution in [1.29, 1.82) is 0 Å². The van der Waals surface area contributed by atoms with E-state index in [0.717, 1.165) is 16.5 Å². The Bertz CT molecular complexity index is 1170. The van der Waals surface area contributed by atoms with Crippen LogP contribution in [0, 0.1) is 6.92 Å². The van der Waals surface area contributed by atoms with Crippen molar-refractivity contribution in [2.75, 3.05) is 7.11 Å². The lowest BCUT2D eigenvalue weighted by atomic mass is 10.2. The minimum Gasteiger partial charge on any atom is -0.469 e. The Balaban J connectivity index is 1.84. The smallest absolute Gasteiger partial charge is 0.311 e. The summed E-state index contributed by atoms with van der Waals surface area (Å²) in [5, 5.41) is 9.80. The molecular weight excluding hydrogens is 342 g/mol. The molecular formula is C20H17N5O2. The maximum atomic E-state index is 11.8. The zero-order chi connectivity index (χ0) is 18.8. The molecule has 7 nitrogen and oxygen atoms in total. The molecule has 0 atom stereocenters. The third-order valence-corrected chi connectivity index (χ3v) is 4.21. The summed E-state index contributed by atoms with van der Waals surface area (Å²) < 4.78 is 6.61. The van der Waals surface area contributed by atoms with Gasteiger partial charge in [0.2, 0.25) is 0 Å². The van der Waals surface area contributed by atoms with Crippen LogP contribution >= 0.6 is 0 Å². The standard InChI is InChI=1S/C20H17N5O2/c1-13-8-9-17-22-16(11-18(26)27-2)20(25(17)12-13)24-23-15-7-3-5-14-6-4-10-21-19(14)15/h3-10,12H,11H2,1-2H3. The molecule has 0 radical (unpaired) electrons. The number of nitrogens with zero attached hydrogens (tertiary/aromatic N) is 5. The van der Waals surface area contributed by atoms with Gasteiger partial charge in [0.05, 0.1) is 24.7 Å². The Kier molecular flexibility index (Phi) is 4.33. The maximum absolute atomic E-state index is 11.8. The second kappa shape index (κ2) is 6.95. The monoisotopic (exact) mass is 359 g/mol. The average molecular weight is 359 g/mol. The number of pyridine rings is 2. The fourth-order valence-electron chi connectivity index (χ4n) is 2.89. The predicted octanol–water partition coefficient (Wildman–Crippen LogP) is 4.32. The number of ether oxygens (including phenoxy) is 1. The minimum atomic E-state index is -0.376. The first-order valence-electron chi connectivity index (χ1n) is 8.45. The van der Waals surface area contributed by atoms with Crippen LogP contribution in [0.2, 0.25) is 0 Å². The summed E-state index contributed by atoms with van der Waals surface area (Å²) >= 11 is 0. The molecule has 0 saturated heterocycles. The second-order valence-corrected chi connectivity index (χ2v) is 6.12. The maximum Gasteiger partial charge on any atom is 0.311 e. The SMILES string of the molecule is COC(=O)Cc1nc2ccc(C)cn2c1N=Nc1cccc2cccnc12. The van der Waals surface area contributed by atoms with Gasteiger partial charge in [0.15, 0.2) is 5.82 Å². The van der Waals surface area contributed by atoms with E-state index in [2.05, 4.69) is 20.2 Å². The van der Waals surface area contributed by atoms with Gasteiger partial charge in [-0.1, -0.05) is 24.3 Å². The largest absolute Gasteiger partial charge is 0.469 e. The number of para-hydroxylation sites is 1. The predicted molar refractivity (Wildman–Crippen MR) is 102 cm³/mol.